The highest BCUT2D eigenvalue weighted by Gasteiger charge is 2.32. The molecule has 1 aliphatic rings. The van der Waals surface area contributed by atoms with E-state index in [9.17, 15) is 0 Å². The molecule has 0 bridgehead atoms. The molecule has 0 aliphatic carbocycles. The third kappa shape index (κ3) is 3.10. The van der Waals surface area contributed by atoms with Gasteiger partial charge in [-0.05, 0) is 25.0 Å². The smallest absolute Gasteiger partial charge is 0.0852 e. The van der Waals surface area contributed by atoms with Crippen LogP contribution in [0, 0.1) is 13.8 Å². The monoisotopic (exact) mass is 249 g/mol. The van der Waals surface area contributed by atoms with Crippen molar-refractivity contribution in [1.82, 2.24) is 0 Å². The zero-order chi connectivity index (χ0) is 13.0. The van der Waals surface area contributed by atoms with E-state index in [0.717, 1.165) is 26.1 Å². The van der Waals surface area contributed by atoms with Gasteiger partial charge in [-0.2, -0.15) is 0 Å². The largest absolute Gasteiger partial charge is 0.381 e. The Morgan fingerprint density at radius 2 is 2.00 bits per heavy atom. The first kappa shape index (κ1) is 13.5. The van der Waals surface area contributed by atoms with Gasteiger partial charge < -0.3 is 15.2 Å². The molecule has 3 heteroatoms. The first-order chi connectivity index (χ1) is 8.65. The maximum atomic E-state index is 6.14. The molecule has 0 saturated carbocycles. The lowest BCUT2D eigenvalue weighted by Crippen LogP contribution is -2.45. The molecule has 3 nitrogen and oxygen atoms in total. The van der Waals surface area contributed by atoms with E-state index in [0.29, 0.717) is 13.2 Å². The normalized spacial score (nSPS) is 18.8. The van der Waals surface area contributed by atoms with Crippen LogP contribution in [0.15, 0.2) is 18.2 Å². The van der Waals surface area contributed by atoms with Gasteiger partial charge in [-0.15, -0.1) is 0 Å². The zero-order valence-electron chi connectivity index (χ0n) is 11.4. The Hall–Kier alpha value is -0.900. The summed E-state index contributed by atoms with van der Waals surface area (Å²) in [5.41, 5.74) is 9.51. The third-order valence-electron chi connectivity index (χ3n) is 3.81. The molecule has 1 aromatic carbocycles. The van der Waals surface area contributed by atoms with Crippen LogP contribution in [0.25, 0.3) is 0 Å². The topological polar surface area (TPSA) is 44.5 Å². The Morgan fingerprint density at radius 1 is 1.28 bits per heavy atom. The lowest BCUT2D eigenvalue weighted by atomic mass is 9.94. The molecule has 0 unspecified atom stereocenters. The summed E-state index contributed by atoms with van der Waals surface area (Å²) in [7, 11) is 0. The van der Waals surface area contributed by atoms with Gasteiger partial charge in [-0.25, -0.2) is 0 Å². The molecule has 1 fully saturated rings. The van der Waals surface area contributed by atoms with Crippen molar-refractivity contribution >= 4 is 0 Å². The van der Waals surface area contributed by atoms with Crippen molar-refractivity contribution in [2.45, 2.75) is 38.9 Å². The van der Waals surface area contributed by atoms with Gasteiger partial charge >= 0.3 is 0 Å². The van der Waals surface area contributed by atoms with Gasteiger partial charge in [0.2, 0.25) is 0 Å². The first-order valence-electron chi connectivity index (χ1n) is 6.63. The van der Waals surface area contributed by atoms with Crippen LogP contribution in [-0.2, 0) is 16.1 Å². The van der Waals surface area contributed by atoms with Gasteiger partial charge in [0.1, 0.15) is 0 Å². The summed E-state index contributed by atoms with van der Waals surface area (Å²) in [6.07, 6.45) is 1.79. The SMILES string of the molecule is Cc1ccc(C)c(COC2(CN)CCOCC2)c1. The highest BCUT2D eigenvalue weighted by molar-refractivity contribution is 5.29. The van der Waals surface area contributed by atoms with E-state index in [1.54, 1.807) is 0 Å². The summed E-state index contributed by atoms with van der Waals surface area (Å²) < 4.78 is 11.5. The molecule has 0 amide bonds. The molecule has 0 atom stereocenters. The van der Waals surface area contributed by atoms with Crippen molar-refractivity contribution in [3.8, 4) is 0 Å². The maximum Gasteiger partial charge on any atom is 0.0852 e. The van der Waals surface area contributed by atoms with E-state index in [1.807, 2.05) is 0 Å². The zero-order valence-corrected chi connectivity index (χ0v) is 11.4. The van der Waals surface area contributed by atoms with Crippen molar-refractivity contribution in [3.05, 3.63) is 34.9 Å². The van der Waals surface area contributed by atoms with E-state index < -0.39 is 0 Å². The minimum absolute atomic E-state index is 0.186. The van der Waals surface area contributed by atoms with Crippen molar-refractivity contribution in [1.29, 1.82) is 0 Å². The third-order valence-corrected chi connectivity index (χ3v) is 3.81. The van der Waals surface area contributed by atoms with Gasteiger partial charge in [0.25, 0.3) is 0 Å². The first-order valence-corrected chi connectivity index (χ1v) is 6.63. The van der Waals surface area contributed by atoms with Crippen LogP contribution < -0.4 is 5.73 Å². The van der Waals surface area contributed by atoms with E-state index in [1.165, 1.54) is 16.7 Å². The predicted octanol–water partition coefficient (Wildman–Crippen LogP) is 2.33. The average Bonchev–Trinajstić information content (AvgIpc) is 2.41. The molecular weight excluding hydrogens is 226 g/mol. The van der Waals surface area contributed by atoms with Gasteiger partial charge in [0.05, 0.1) is 12.2 Å². The Kier molecular flexibility index (Phi) is 4.38. The molecule has 2 rings (SSSR count). The summed E-state index contributed by atoms with van der Waals surface area (Å²) in [6.45, 7) is 6.95. The second kappa shape index (κ2) is 5.83. The van der Waals surface area contributed by atoms with Gasteiger partial charge in [0.15, 0.2) is 0 Å². The molecule has 1 aliphatic heterocycles. The highest BCUT2D eigenvalue weighted by atomic mass is 16.5. The van der Waals surface area contributed by atoms with Crippen molar-refractivity contribution < 1.29 is 9.47 Å². The number of ether oxygens (including phenoxy) is 2. The highest BCUT2D eigenvalue weighted by Crippen LogP contribution is 2.26. The quantitative estimate of drug-likeness (QED) is 0.890. The van der Waals surface area contributed by atoms with Gasteiger partial charge in [0, 0.05) is 32.6 Å². The van der Waals surface area contributed by atoms with Gasteiger partial charge in [-0.1, -0.05) is 23.8 Å². The molecule has 1 saturated heterocycles. The molecule has 0 radical (unpaired) electrons. The van der Waals surface area contributed by atoms with Crippen LogP contribution in [0.4, 0.5) is 0 Å². The second-order valence-electron chi connectivity index (χ2n) is 5.22. The van der Waals surface area contributed by atoms with Crippen LogP contribution >= 0.6 is 0 Å². The summed E-state index contributed by atoms with van der Waals surface area (Å²) in [5.74, 6) is 0. The molecular formula is C15H23NO2. The minimum atomic E-state index is -0.186. The number of hydrogen-bond acceptors (Lipinski definition) is 3. The number of rotatable bonds is 4. The molecule has 1 heterocycles. The van der Waals surface area contributed by atoms with Crippen LogP contribution in [0.1, 0.15) is 29.5 Å². The van der Waals surface area contributed by atoms with E-state index >= 15 is 0 Å². The minimum Gasteiger partial charge on any atom is -0.381 e. The van der Waals surface area contributed by atoms with Crippen LogP contribution in [0.5, 0.6) is 0 Å². The Bertz CT molecular complexity index is 397. The van der Waals surface area contributed by atoms with Crippen LogP contribution in [0.2, 0.25) is 0 Å². The number of aryl methyl sites for hydroxylation is 2. The molecule has 100 valence electrons. The molecule has 1 aromatic rings. The average molecular weight is 249 g/mol. The van der Waals surface area contributed by atoms with Crippen molar-refractivity contribution in [3.63, 3.8) is 0 Å². The predicted molar refractivity (Wildman–Crippen MR) is 72.5 cm³/mol. The number of benzene rings is 1. The Labute approximate surface area is 109 Å². The molecule has 0 aromatic heterocycles. The fourth-order valence-electron chi connectivity index (χ4n) is 2.34. The molecule has 18 heavy (non-hydrogen) atoms. The molecule has 2 N–H and O–H groups in total. The Balaban J connectivity index is 2.03. The Morgan fingerprint density at radius 3 is 2.67 bits per heavy atom. The summed E-state index contributed by atoms with van der Waals surface area (Å²) in [5, 5.41) is 0. The second-order valence-corrected chi connectivity index (χ2v) is 5.22. The van der Waals surface area contributed by atoms with E-state index in [4.69, 9.17) is 15.2 Å². The lowest BCUT2D eigenvalue weighted by molar-refractivity contribution is -0.112. The van der Waals surface area contributed by atoms with Crippen LogP contribution in [0.3, 0.4) is 0 Å². The van der Waals surface area contributed by atoms with Crippen molar-refractivity contribution in [2.75, 3.05) is 19.8 Å². The summed E-state index contributed by atoms with van der Waals surface area (Å²) >= 11 is 0. The van der Waals surface area contributed by atoms with Gasteiger partial charge in [-0.3, -0.25) is 0 Å². The van der Waals surface area contributed by atoms with Crippen molar-refractivity contribution in [2.24, 2.45) is 5.73 Å². The van der Waals surface area contributed by atoms with E-state index in [2.05, 4.69) is 32.0 Å². The fourth-order valence-corrected chi connectivity index (χ4v) is 2.34. The molecule has 0 spiro atoms. The number of nitrogens with two attached hydrogens (primary N) is 1. The van der Waals surface area contributed by atoms with Crippen LogP contribution in [-0.4, -0.2) is 25.4 Å². The maximum absolute atomic E-state index is 6.14. The number of hydrogen-bond donors (Lipinski definition) is 1. The summed E-state index contributed by atoms with van der Waals surface area (Å²) in [4.78, 5) is 0. The fraction of sp³-hybridized carbons (Fsp3) is 0.600. The standard InChI is InChI=1S/C15H23NO2/c1-12-3-4-13(2)14(9-12)10-18-15(11-16)5-7-17-8-6-15/h3-4,9H,5-8,10-11,16H2,1-2H3. The summed E-state index contributed by atoms with van der Waals surface area (Å²) in [6, 6.07) is 6.47. The lowest BCUT2D eigenvalue weighted by Gasteiger charge is -2.36. The van der Waals surface area contributed by atoms with E-state index in [-0.39, 0.29) is 5.60 Å².